The fourth-order valence-electron chi connectivity index (χ4n) is 1.92. The first kappa shape index (κ1) is 14.9. The Morgan fingerprint density at radius 3 is 2.67 bits per heavy atom. The number of carbonyl (C=O) groups excluding carboxylic acids is 1. The number of nitrogens with two attached hydrogens (primary N) is 1. The van der Waals surface area contributed by atoms with Gasteiger partial charge in [0.15, 0.2) is 0 Å². The molecule has 0 aliphatic heterocycles. The summed E-state index contributed by atoms with van der Waals surface area (Å²) in [5, 5.41) is 6.72. The van der Waals surface area contributed by atoms with Crippen LogP contribution in [0.15, 0.2) is 40.2 Å². The molecule has 0 spiro atoms. The monoisotopic (exact) mass is 307 g/mol. The number of alkyl halides is 1. The summed E-state index contributed by atoms with van der Waals surface area (Å²) >= 11 is 5.80. The van der Waals surface area contributed by atoms with Crippen LogP contribution in [0.4, 0.5) is 4.79 Å². The summed E-state index contributed by atoms with van der Waals surface area (Å²) in [6.45, 7) is 1.72. The number of amides is 2. The number of aryl methyl sites for hydroxylation is 1. The van der Waals surface area contributed by atoms with Gasteiger partial charge in [-0.25, -0.2) is 14.9 Å². The molecule has 0 fully saturated rings. The number of halogens is 1. The molecule has 7 nitrogen and oxygen atoms in total. The van der Waals surface area contributed by atoms with Crippen LogP contribution in [0.25, 0.3) is 5.69 Å². The predicted octanol–water partition coefficient (Wildman–Crippen LogP) is 1.09. The minimum atomic E-state index is -0.825. The van der Waals surface area contributed by atoms with Crippen LogP contribution in [-0.4, -0.2) is 27.4 Å². The Morgan fingerprint density at radius 2 is 2.10 bits per heavy atom. The molecule has 4 N–H and O–H groups in total. The zero-order valence-corrected chi connectivity index (χ0v) is 12.0. The van der Waals surface area contributed by atoms with Crippen molar-refractivity contribution in [2.24, 2.45) is 10.8 Å². The van der Waals surface area contributed by atoms with E-state index >= 15 is 0 Å². The molecule has 2 amide bonds. The minimum Gasteiger partial charge on any atom is -0.350 e. The molecule has 0 saturated heterocycles. The number of carbonyl (C=O) groups is 1. The van der Waals surface area contributed by atoms with Gasteiger partial charge in [-0.1, -0.05) is 18.2 Å². The van der Waals surface area contributed by atoms with Gasteiger partial charge in [-0.3, -0.25) is 9.89 Å². The summed E-state index contributed by atoms with van der Waals surface area (Å²) in [5.74, 6) is -0.0387. The fourth-order valence-corrected chi connectivity index (χ4v) is 2.11. The average Bonchev–Trinajstić information content (AvgIpc) is 2.77. The maximum absolute atomic E-state index is 12.5. The third-order valence-electron chi connectivity index (χ3n) is 2.80. The summed E-state index contributed by atoms with van der Waals surface area (Å²) in [7, 11) is 0. The second-order valence-corrected chi connectivity index (χ2v) is 4.52. The van der Waals surface area contributed by atoms with E-state index in [2.05, 4.69) is 15.6 Å². The fraction of sp³-hybridized carbons (Fsp3) is 0.154. The van der Waals surface area contributed by atoms with Gasteiger partial charge in [-0.15, -0.1) is 11.6 Å². The number of hydrogen-bond donors (Lipinski definition) is 3. The zero-order chi connectivity index (χ0) is 15.4. The van der Waals surface area contributed by atoms with Crippen molar-refractivity contribution in [1.29, 1.82) is 0 Å². The topological polar surface area (TPSA) is 105 Å². The van der Waals surface area contributed by atoms with Crippen LogP contribution >= 0.6 is 11.6 Å². The molecule has 0 unspecified atom stereocenters. The quantitative estimate of drug-likeness (QED) is 0.447. The van der Waals surface area contributed by atoms with E-state index in [1.165, 1.54) is 4.68 Å². The SMILES string of the molecule is Cc1[nH]n(-c2ccccc2)c(=O)c1/C(CCl)=N/NC(N)=O. The number of H-pyrrole nitrogens is 1. The average molecular weight is 308 g/mol. The predicted molar refractivity (Wildman–Crippen MR) is 81.1 cm³/mol. The van der Waals surface area contributed by atoms with Crippen LogP contribution in [0, 0.1) is 6.92 Å². The molecule has 0 aliphatic carbocycles. The van der Waals surface area contributed by atoms with E-state index in [9.17, 15) is 9.59 Å². The molecule has 0 atom stereocenters. The van der Waals surface area contributed by atoms with E-state index in [1.807, 2.05) is 18.2 Å². The van der Waals surface area contributed by atoms with Crippen molar-refractivity contribution in [3.8, 4) is 5.69 Å². The van der Waals surface area contributed by atoms with Gasteiger partial charge >= 0.3 is 6.03 Å². The molecule has 8 heteroatoms. The van der Waals surface area contributed by atoms with E-state index in [1.54, 1.807) is 19.1 Å². The van der Waals surface area contributed by atoms with Gasteiger partial charge in [0, 0.05) is 5.69 Å². The molecule has 0 aliphatic rings. The van der Waals surface area contributed by atoms with Gasteiger partial charge in [0.1, 0.15) is 0 Å². The van der Waals surface area contributed by atoms with Crippen LogP contribution < -0.4 is 16.7 Å². The number of hydrazone groups is 1. The van der Waals surface area contributed by atoms with Crippen molar-refractivity contribution < 1.29 is 4.79 Å². The van der Waals surface area contributed by atoms with Crippen molar-refractivity contribution in [1.82, 2.24) is 15.2 Å². The van der Waals surface area contributed by atoms with Crippen molar-refractivity contribution in [3.05, 3.63) is 51.9 Å². The van der Waals surface area contributed by atoms with E-state index in [0.29, 0.717) is 16.9 Å². The lowest BCUT2D eigenvalue weighted by Gasteiger charge is -2.00. The molecule has 0 radical (unpaired) electrons. The summed E-state index contributed by atoms with van der Waals surface area (Å²) in [5.41, 5.74) is 8.56. The van der Waals surface area contributed by atoms with E-state index in [0.717, 1.165) is 0 Å². The lowest BCUT2D eigenvalue weighted by Crippen LogP contribution is -2.28. The largest absolute Gasteiger partial charge is 0.350 e. The Morgan fingerprint density at radius 1 is 1.43 bits per heavy atom. The standard InChI is InChI=1S/C13H14ClN5O2/c1-8-11(10(7-14)16-17-13(15)21)12(20)19(18-8)9-5-3-2-4-6-9/h2-6,18H,7H2,1H3,(H3,15,17,21)/b16-10+. The number of primary amides is 1. The van der Waals surface area contributed by atoms with Gasteiger partial charge in [0.2, 0.25) is 0 Å². The van der Waals surface area contributed by atoms with Gasteiger partial charge in [0.25, 0.3) is 5.56 Å². The number of benzene rings is 1. The zero-order valence-electron chi connectivity index (χ0n) is 11.3. The van der Waals surface area contributed by atoms with Gasteiger partial charge in [0.05, 0.1) is 22.8 Å². The minimum absolute atomic E-state index is 0.0387. The first-order chi connectivity index (χ1) is 10.0. The van der Waals surface area contributed by atoms with Crippen LogP contribution in [0.5, 0.6) is 0 Å². The molecule has 21 heavy (non-hydrogen) atoms. The van der Waals surface area contributed by atoms with Gasteiger partial charge < -0.3 is 5.73 Å². The Kier molecular flexibility index (Phi) is 4.44. The molecule has 2 rings (SSSR count). The number of urea groups is 1. The second-order valence-electron chi connectivity index (χ2n) is 4.26. The molecule has 1 heterocycles. The Hall–Kier alpha value is -2.54. The number of aromatic amines is 1. The number of nitrogens with zero attached hydrogens (tertiary/aromatic N) is 2. The van der Waals surface area contributed by atoms with Crippen molar-refractivity contribution >= 4 is 23.3 Å². The lowest BCUT2D eigenvalue weighted by atomic mass is 10.2. The third-order valence-corrected chi connectivity index (χ3v) is 3.06. The number of aromatic nitrogens is 2. The first-order valence-corrected chi connectivity index (χ1v) is 6.63. The molecule has 1 aromatic carbocycles. The number of rotatable bonds is 4. The Balaban J connectivity index is 2.51. The molecule has 0 bridgehead atoms. The summed E-state index contributed by atoms with van der Waals surface area (Å²) in [6, 6.07) is 8.26. The van der Waals surface area contributed by atoms with Crippen LogP contribution in [0.2, 0.25) is 0 Å². The molecular formula is C13H14ClN5O2. The van der Waals surface area contributed by atoms with Gasteiger partial charge in [-0.2, -0.15) is 5.10 Å². The maximum Gasteiger partial charge on any atom is 0.332 e. The molecule has 110 valence electrons. The van der Waals surface area contributed by atoms with Crippen molar-refractivity contribution in [2.45, 2.75) is 6.92 Å². The number of hydrogen-bond acceptors (Lipinski definition) is 3. The van der Waals surface area contributed by atoms with Crippen molar-refractivity contribution in [2.75, 3.05) is 5.88 Å². The maximum atomic E-state index is 12.5. The van der Waals surface area contributed by atoms with Crippen LogP contribution in [0.3, 0.4) is 0 Å². The number of nitrogens with one attached hydrogen (secondary N) is 2. The number of para-hydroxylation sites is 1. The summed E-state index contributed by atoms with van der Waals surface area (Å²) in [6.07, 6.45) is 0. The Labute approximate surface area is 125 Å². The van der Waals surface area contributed by atoms with Crippen LogP contribution in [0.1, 0.15) is 11.3 Å². The second kappa shape index (κ2) is 6.27. The van der Waals surface area contributed by atoms with E-state index < -0.39 is 6.03 Å². The van der Waals surface area contributed by atoms with Gasteiger partial charge in [-0.05, 0) is 19.1 Å². The normalized spacial score (nSPS) is 11.4. The molecule has 2 aromatic rings. The first-order valence-electron chi connectivity index (χ1n) is 6.10. The van der Waals surface area contributed by atoms with Crippen molar-refractivity contribution in [3.63, 3.8) is 0 Å². The highest BCUT2D eigenvalue weighted by atomic mass is 35.5. The Bertz CT molecular complexity index is 733. The highest BCUT2D eigenvalue weighted by Gasteiger charge is 2.17. The smallest absolute Gasteiger partial charge is 0.332 e. The molecular weight excluding hydrogens is 294 g/mol. The summed E-state index contributed by atoms with van der Waals surface area (Å²) < 4.78 is 1.39. The molecule has 1 aromatic heterocycles. The van der Waals surface area contributed by atoms with Crippen LogP contribution in [-0.2, 0) is 0 Å². The molecule has 0 saturated carbocycles. The van der Waals surface area contributed by atoms with E-state index in [-0.39, 0.29) is 17.2 Å². The highest BCUT2D eigenvalue weighted by Crippen LogP contribution is 2.08. The lowest BCUT2D eigenvalue weighted by molar-refractivity contribution is 0.249. The highest BCUT2D eigenvalue weighted by molar-refractivity contribution is 6.31. The third kappa shape index (κ3) is 3.14. The summed E-state index contributed by atoms with van der Waals surface area (Å²) in [4.78, 5) is 23.2. The van der Waals surface area contributed by atoms with E-state index in [4.69, 9.17) is 17.3 Å².